The van der Waals surface area contributed by atoms with Gasteiger partial charge in [0.15, 0.2) is 0 Å². The topological polar surface area (TPSA) is 39.3 Å². The molecule has 3 N–H and O–H groups in total. The molecule has 5 heteroatoms. The van der Waals surface area contributed by atoms with E-state index in [0.29, 0.717) is 0 Å². The maximum atomic E-state index is 3.82. The summed E-state index contributed by atoms with van der Waals surface area (Å²) in [5.41, 5.74) is 0. The van der Waals surface area contributed by atoms with Gasteiger partial charge in [0.05, 0.1) is 0 Å². The van der Waals surface area contributed by atoms with E-state index in [1.165, 1.54) is 57.4 Å². The monoisotopic (exact) mass is 274 g/mol. The van der Waals surface area contributed by atoms with E-state index in [1.54, 1.807) is 0 Å². The SMILES string of the molecule is CCC[CH2][Ge]12[NH]CCN(CC[NH]1)CC[NH]2. The second-order valence-electron chi connectivity index (χ2n) is 4.63. The number of hydrogen-bond donors (Lipinski definition) is 3. The summed E-state index contributed by atoms with van der Waals surface area (Å²) >= 11 is -2.06. The fraction of sp³-hybridized carbons (Fsp3) is 1.00. The third-order valence-electron chi connectivity index (χ3n) is 3.47. The van der Waals surface area contributed by atoms with Crippen LogP contribution in [0.1, 0.15) is 19.8 Å². The molecule has 3 rings (SSSR count). The van der Waals surface area contributed by atoms with Gasteiger partial charge in [0.25, 0.3) is 0 Å². The van der Waals surface area contributed by atoms with Crippen LogP contribution in [0.3, 0.4) is 0 Å². The molecular weight excluding hydrogens is 249 g/mol. The minimum absolute atomic E-state index is 1.17. The summed E-state index contributed by atoms with van der Waals surface area (Å²) in [4.78, 5) is 2.54. The number of nitrogens with zero attached hydrogens (tertiary/aromatic N) is 1. The zero-order valence-electron chi connectivity index (χ0n) is 9.81. The van der Waals surface area contributed by atoms with Crippen LogP contribution in [-0.4, -0.2) is 58.1 Å². The average Bonchev–Trinajstić information content (AvgIpc) is 2.14. The van der Waals surface area contributed by atoms with Crippen molar-refractivity contribution in [3.8, 4) is 0 Å². The van der Waals surface area contributed by atoms with E-state index in [-0.39, 0.29) is 0 Å². The molecule has 0 aliphatic carbocycles. The van der Waals surface area contributed by atoms with Crippen LogP contribution >= 0.6 is 0 Å². The molecule has 0 amide bonds. The molecule has 3 saturated heterocycles. The van der Waals surface area contributed by atoms with Crippen LogP contribution in [0.5, 0.6) is 0 Å². The first kappa shape index (κ1) is 11.9. The number of nitrogens with one attached hydrogen (secondary N) is 3. The van der Waals surface area contributed by atoms with E-state index in [4.69, 9.17) is 0 Å². The van der Waals surface area contributed by atoms with Gasteiger partial charge in [-0.1, -0.05) is 0 Å². The molecule has 4 nitrogen and oxygen atoms in total. The van der Waals surface area contributed by atoms with Crippen molar-refractivity contribution in [1.82, 2.24) is 17.7 Å². The Labute approximate surface area is 96.2 Å². The molecular formula is C10H24GeN4. The van der Waals surface area contributed by atoms with E-state index in [2.05, 4.69) is 24.6 Å². The molecule has 0 aromatic heterocycles. The van der Waals surface area contributed by atoms with Crippen LogP contribution in [0.4, 0.5) is 0 Å². The predicted octanol–water partition coefficient (Wildman–Crippen LogP) is -0.177. The quantitative estimate of drug-likeness (QED) is 0.624. The normalized spacial score (nSPS) is 37.0. The molecule has 0 radical (unpaired) electrons. The summed E-state index contributed by atoms with van der Waals surface area (Å²) in [5, 5.41) is 1.37. The van der Waals surface area contributed by atoms with Crippen molar-refractivity contribution in [1.29, 1.82) is 0 Å². The Kier molecular flexibility index (Phi) is 4.45. The predicted molar refractivity (Wildman–Crippen MR) is 65.9 cm³/mol. The first-order valence-corrected chi connectivity index (χ1v) is 11.0. The molecule has 3 aliphatic heterocycles. The van der Waals surface area contributed by atoms with Gasteiger partial charge in [-0.25, -0.2) is 0 Å². The summed E-state index contributed by atoms with van der Waals surface area (Å²) < 4.78 is 11.5. The van der Waals surface area contributed by atoms with E-state index in [9.17, 15) is 0 Å². The summed E-state index contributed by atoms with van der Waals surface area (Å²) in [6.45, 7) is 9.51. The van der Waals surface area contributed by atoms with Gasteiger partial charge in [0.2, 0.25) is 0 Å². The van der Waals surface area contributed by atoms with Gasteiger partial charge in [-0.3, -0.25) is 0 Å². The molecule has 0 aromatic rings. The second kappa shape index (κ2) is 5.63. The zero-order valence-corrected chi connectivity index (χ0v) is 11.9. The third-order valence-corrected chi connectivity index (χ3v) is 11.2. The third kappa shape index (κ3) is 3.17. The molecule has 0 saturated carbocycles. The van der Waals surface area contributed by atoms with Gasteiger partial charge in [-0.15, -0.1) is 0 Å². The van der Waals surface area contributed by atoms with Crippen LogP contribution < -0.4 is 12.8 Å². The number of unbranched alkanes of at least 4 members (excludes halogenated alkanes) is 1. The standard InChI is InChI=1S/C10H24GeN4/c1-2-3-4-11-12-5-8-15(9-6-13-11)10-7-14-11/h12-14H,2-10H2,1H3. The first-order chi connectivity index (χ1) is 7.35. The van der Waals surface area contributed by atoms with Crippen molar-refractivity contribution in [2.24, 2.45) is 0 Å². The van der Waals surface area contributed by atoms with Gasteiger partial charge in [-0.2, -0.15) is 0 Å². The Balaban J connectivity index is 1.98. The summed E-state index contributed by atoms with van der Waals surface area (Å²) in [5.74, 6) is 0. The fourth-order valence-electron chi connectivity index (χ4n) is 2.51. The van der Waals surface area contributed by atoms with E-state index in [0.717, 1.165) is 0 Å². The van der Waals surface area contributed by atoms with Gasteiger partial charge in [0.1, 0.15) is 0 Å². The van der Waals surface area contributed by atoms with Crippen molar-refractivity contribution >= 4 is 13.9 Å². The second-order valence-corrected chi connectivity index (χ2v) is 11.7. The average molecular weight is 273 g/mol. The Morgan fingerprint density at radius 1 is 1.00 bits per heavy atom. The molecule has 0 aromatic carbocycles. The summed E-state index contributed by atoms with van der Waals surface area (Å²) in [6.07, 6.45) is 2.67. The minimum atomic E-state index is -2.06. The Morgan fingerprint density at radius 2 is 1.53 bits per heavy atom. The van der Waals surface area contributed by atoms with Gasteiger partial charge in [0, 0.05) is 0 Å². The van der Waals surface area contributed by atoms with Gasteiger partial charge in [-0.05, 0) is 0 Å². The molecule has 0 unspecified atom stereocenters. The number of hydrogen-bond acceptors (Lipinski definition) is 4. The van der Waals surface area contributed by atoms with Crippen molar-refractivity contribution in [3.63, 3.8) is 0 Å². The Bertz CT molecular complexity index is 167. The van der Waals surface area contributed by atoms with Crippen LogP contribution in [-0.2, 0) is 0 Å². The summed E-state index contributed by atoms with van der Waals surface area (Å²) in [6, 6.07) is 0. The van der Waals surface area contributed by atoms with Crippen LogP contribution in [0.15, 0.2) is 0 Å². The molecule has 15 heavy (non-hydrogen) atoms. The fourth-order valence-corrected chi connectivity index (χ4v) is 9.66. The van der Waals surface area contributed by atoms with Crippen LogP contribution in [0.25, 0.3) is 0 Å². The maximum absolute atomic E-state index is 3.82. The number of fused-ring (bicyclic) bond motifs is 6. The van der Waals surface area contributed by atoms with E-state index >= 15 is 0 Å². The number of rotatable bonds is 3. The van der Waals surface area contributed by atoms with Crippen molar-refractivity contribution in [2.45, 2.75) is 25.0 Å². The molecule has 0 spiro atoms. The van der Waals surface area contributed by atoms with Crippen molar-refractivity contribution in [2.75, 3.05) is 39.3 Å². The van der Waals surface area contributed by atoms with Gasteiger partial charge >= 0.3 is 95.9 Å². The van der Waals surface area contributed by atoms with Crippen LogP contribution in [0, 0.1) is 0 Å². The van der Waals surface area contributed by atoms with Crippen molar-refractivity contribution < 1.29 is 0 Å². The molecule has 88 valence electrons. The van der Waals surface area contributed by atoms with Crippen molar-refractivity contribution in [3.05, 3.63) is 0 Å². The Morgan fingerprint density at radius 3 is 2.00 bits per heavy atom. The molecule has 2 bridgehead atoms. The first-order valence-electron chi connectivity index (χ1n) is 6.32. The molecule has 3 heterocycles. The molecule has 0 atom stereocenters. The Hall–Kier alpha value is 0.383. The zero-order chi connectivity index (χ0) is 10.6. The molecule has 3 aliphatic rings. The molecule has 3 fully saturated rings. The summed E-state index contributed by atoms with van der Waals surface area (Å²) in [7, 11) is 0. The van der Waals surface area contributed by atoms with E-state index in [1.807, 2.05) is 0 Å². The van der Waals surface area contributed by atoms with Gasteiger partial charge < -0.3 is 0 Å². The van der Waals surface area contributed by atoms with E-state index < -0.39 is 13.9 Å². The van der Waals surface area contributed by atoms with Crippen LogP contribution in [0.2, 0.25) is 5.25 Å².